The molecule has 8 aromatic carbocycles. The summed E-state index contributed by atoms with van der Waals surface area (Å²) in [7, 11) is 0. The van der Waals surface area contributed by atoms with Gasteiger partial charge in [0.2, 0.25) is 5.95 Å². The minimum absolute atomic E-state index is 0.579. The Balaban J connectivity index is 1.05. The molecule has 3 heterocycles. The molecule has 0 atom stereocenters. The van der Waals surface area contributed by atoms with E-state index in [9.17, 15) is 0 Å². The number of hydrogen-bond donors (Lipinski definition) is 0. The third kappa shape index (κ3) is 5.54. The summed E-state index contributed by atoms with van der Waals surface area (Å²) in [5, 5.41) is 2.26. The second kappa shape index (κ2) is 13.5. The average Bonchev–Trinajstić information content (AvgIpc) is 3.62. The summed E-state index contributed by atoms with van der Waals surface area (Å²) >= 11 is 0. The first kappa shape index (κ1) is 32.6. The van der Waals surface area contributed by atoms with Crippen molar-refractivity contribution in [3.63, 3.8) is 0 Å². The first-order chi connectivity index (χ1) is 28.3. The maximum Gasteiger partial charge on any atom is 0.238 e. The number of hydrogen-bond acceptors (Lipinski definition) is 5. The summed E-state index contributed by atoms with van der Waals surface area (Å²) in [5.41, 5.74) is 12.9. The Morgan fingerprint density at radius 2 is 0.754 bits per heavy atom. The fourth-order valence-electron chi connectivity index (χ4n) is 8.17. The van der Waals surface area contributed by atoms with Crippen LogP contribution in [0.5, 0.6) is 0 Å². The van der Waals surface area contributed by atoms with Gasteiger partial charge in [-0.25, -0.2) is 4.98 Å². The smallest absolute Gasteiger partial charge is 0.238 e. The van der Waals surface area contributed by atoms with E-state index in [1.807, 2.05) is 60.7 Å². The van der Waals surface area contributed by atoms with Gasteiger partial charge >= 0.3 is 0 Å². The molecule has 268 valence electrons. The number of benzene rings is 8. The lowest BCUT2D eigenvalue weighted by molar-refractivity contribution is 0.953. The molecule has 11 rings (SSSR count). The van der Waals surface area contributed by atoms with Crippen molar-refractivity contribution in [1.29, 1.82) is 0 Å². The quantitative estimate of drug-likeness (QED) is 0.170. The molecule has 1 aliphatic rings. The summed E-state index contributed by atoms with van der Waals surface area (Å²) in [6, 6.07) is 72.2. The molecule has 57 heavy (non-hydrogen) atoms. The van der Waals surface area contributed by atoms with Gasteiger partial charge in [-0.2, -0.15) is 9.97 Å². The fourth-order valence-corrected chi connectivity index (χ4v) is 8.17. The Kier molecular flexibility index (Phi) is 7.71. The van der Waals surface area contributed by atoms with Gasteiger partial charge in [0, 0.05) is 33.3 Å². The SMILES string of the molecule is c1ccc(-c2nc(-c3ccccc3)nc(-n3c4ccccc4c4cc(-c5cccc(N6c7ccccc7N(c7ccccc7)c7ccccc76)c5)ccc43)n2)cc1. The Hall–Kier alpha value is -7.83. The fraction of sp³-hybridized carbons (Fsp3) is 0. The molecule has 0 amide bonds. The minimum atomic E-state index is 0.579. The lowest BCUT2D eigenvalue weighted by Crippen LogP contribution is -2.23. The van der Waals surface area contributed by atoms with Crippen LogP contribution in [0.1, 0.15) is 0 Å². The summed E-state index contributed by atoms with van der Waals surface area (Å²) in [6.07, 6.45) is 0. The molecule has 0 unspecified atom stereocenters. The number of fused-ring (bicyclic) bond motifs is 5. The van der Waals surface area contributed by atoms with Gasteiger partial charge in [0.05, 0.1) is 33.8 Å². The number of para-hydroxylation sites is 6. The topological polar surface area (TPSA) is 50.1 Å². The summed E-state index contributed by atoms with van der Waals surface area (Å²) in [5.74, 6) is 1.84. The van der Waals surface area contributed by atoms with E-state index in [1.165, 1.54) is 0 Å². The van der Waals surface area contributed by atoms with Crippen LogP contribution in [0.4, 0.5) is 34.1 Å². The van der Waals surface area contributed by atoms with E-state index in [1.54, 1.807) is 0 Å². The van der Waals surface area contributed by atoms with Crippen molar-refractivity contribution < 1.29 is 0 Å². The van der Waals surface area contributed by atoms with Gasteiger partial charge in [-0.3, -0.25) is 4.57 Å². The third-order valence-corrected chi connectivity index (χ3v) is 10.7. The normalized spacial score (nSPS) is 12.1. The molecular weight excluding hydrogens is 697 g/mol. The predicted molar refractivity (Wildman–Crippen MR) is 233 cm³/mol. The van der Waals surface area contributed by atoms with Crippen molar-refractivity contribution >= 4 is 55.9 Å². The standard InChI is InChI=1S/C51H34N6/c1-4-17-35(18-5-1)49-52-50(36-19-6-2-7-20-36)54-51(53-49)57-43-26-11-10-25-41(43)42-34-38(31-32-44(42)57)37-21-16-24-40(33-37)56-47-29-14-12-27-45(47)55(39-22-8-3-9-23-39)46-28-13-15-30-48(46)56/h1-34H. The highest BCUT2D eigenvalue weighted by atomic mass is 15.3. The number of nitrogens with zero attached hydrogens (tertiary/aromatic N) is 6. The molecule has 6 nitrogen and oxygen atoms in total. The molecule has 0 saturated carbocycles. The van der Waals surface area contributed by atoms with E-state index in [-0.39, 0.29) is 0 Å². The number of rotatable bonds is 6. The first-order valence-electron chi connectivity index (χ1n) is 19.1. The van der Waals surface area contributed by atoms with Crippen LogP contribution in [0.25, 0.3) is 61.7 Å². The highest BCUT2D eigenvalue weighted by molar-refractivity contribution is 6.10. The van der Waals surface area contributed by atoms with Crippen LogP contribution in [-0.4, -0.2) is 19.5 Å². The van der Waals surface area contributed by atoms with Crippen LogP contribution in [0.3, 0.4) is 0 Å². The van der Waals surface area contributed by atoms with Crippen LogP contribution in [0, 0.1) is 0 Å². The Bertz CT molecular complexity index is 2980. The van der Waals surface area contributed by atoms with E-state index in [2.05, 4.69) is 160 Å². The van der Waals surface area contributed by atoms with Gasteiger partial charge in [-0.1, -0.05) is 140 Å². The van der Waals surface area contributed by atoms with E-state index < -0.39 is 0 Å². The van der Waals surface area contributed by atoms with Crippen LogP contribution in [-0.2, 0) is 0 Å². The molecule has 0 aliphatic carbocycles. The number of aromatic nitrogens is 4. The highest BCUT2D eigenvalue weighted by Crippen LogP contribution is 2.54. The predicted octanol–water partition coefficient (Wildman–Crippen LogP) is 13.2. The second-order valence-corrected chi connectivity index (χ2v) is 14.1. The molecular formula is C51H34N6. The zero-order chi connectivity index (χ0) is 37.7. The monoisotopic (exact) mass is 730 g/mol. The van der Waals surface area contributed by atoms with Crippen LogP contribution in [0.2, 0.25) is 0 Å². The van der Waals surface area contributed by atoms with E-state index in [4.69, 9.17) is 15.0 Å². The van der Waals surface area contributed by atoms with Gasteiger partial charge in [0.1, 0.15) is 0 Å². The Labute approximate surface area is 330 Å². The van der Waals surface area contributed by atoms with E-state index in [0.29, 0.717) is 17.6 Å². The average molecular weight is 731 g/mol. The van der Waals surface area contributed by atoms with E-state index in [0.717, 1.165) is 78.2 Å². The molecule has 10 aromatic rings. The van der Waals surface area contributed by atoms with Crippen molar-refractivity contribution in [1.82, 2.24) is 19.5 Å². The minimum Gasteiger partial charge on any atom is -0.306 e. The summed E-state index contributed by atoms with van der Waals surface area (Å²) in [4.78, 5) is 19.9. The largest absolute Gasteiger partial charge is 0.306 e. The maximum absolute atomic E-state index is 5.11. The molecule has 6 heteroatoms. The Morgan fingerprint density at radius 1 is 0.298 bits per heavy atom. The molecule has 0 saturated heterocycles. The van der Waals surface area contributed by atoms with Gasteiger partial charge < -0.3 is 9.80 Å². The third-order valence-electron chi connectivity index (χ3n) is 10.7. The van der Waals surface area contributed by atoms with Crippen molar-refractivity contribution in [2.45, 2.75) is 0 Å². The molecule has 0 N–H and O–H groups in total. The lowest BCUT2D eigenvalue weighted by atomic mass is 10.0. The molecule has 2 aromatic heterocycles. The molecule has 1 aliphatic heterocycles. The zero-order valence-corrected chi connectivity index (χ0v) is 30.8. The van der Waals surface area contributed by atoms with Crippen LogP contribution in [0.15, 0.2) is 206 Å². The zero-order valence-electron chi connectivity index (χ0n) is 30.8. The van der Waals surface area contributed by atoms with Crippen molar-refractivity contribution in [3.05, 3.63) is 206 Å². The summed E-state index contributed by atoms with van der Waals surface area (Å²) < 4.78 is 2.17. The lowest BCUT2D eigenvalue weighted by Gasteiger charge is -2.40. The Morgan fingerprint density at radius 3 is 1.37 bits per heavy atom. The maximum atomic E-state index is 5.11. The van der Waals surface area contributed by atoms with Crippen molar-refractivity contribution in [2.75, 3.05) is 9.80 Å². The summed E-state index contributed by atoms with van der Waals surface area (Å²) in [6.45, 7) is 0. The van der Waals surface area contributed by atoms with Crippen molar-refractivity contribution in [2.24, 2.45) is 0 Å². The van der Waals surface area contributed by atoms with Gasteiger partial charge in [0.25, 0.3) is 0 Å². The van der Waals surface area contributed by atoms with Crippen LogP contribution < -0.4 is 9.80 Å². The van der Waals surface area contributed by atoms with Gasteiger partial charge in [0.15, 0.2) is 11.6 Å². The first-order valence-corrected chi connectivity index (χ1v) is 19.1. The molecule has 0 bridgehead atoms. The van der Waals surface area contributed by atoms with E-state index >= 15 is 0 Å². The molecule has 0 spiro atoms. The molecule has 0 radical (unpaired) electrons. The van der Waals surface area contributed by atoms with Gasteiger partial charge in [-0.05, 0) is 77.9 Å². The highest BCUT2D eigenvalue weighted by Gasteiger charge is 2.30. The molecule has 0 fully saturated rings. The van der Waals surface area contributed by atoms with Gasteiger partial charge in [-0.15, -0.1) is 0 Å². The van der Waals surface area contributed by atoms with Crippen molar-refractivity contribution in [3.8, 4) is 39.9 Å². The second-order valence-electron chi connectivity index (χ2n) is 14.1. The van der Waals surface area contributed by atoms with Crippen LogP contribution >= 0.6 is 0 Å². The number of anilines is 6.